The summed E-state index contributed by atoms with van der Waals surface area (Å²) in [5, 5.41) is 11.2. The predicted octanol–water partition coefficient (Wildman–Crippen LogP) is 3.91. The van der Waals surface area contributed by atoms with Gasteiger partial charge in [-0.15, -0.1) is 23.2 Å². The van der Waals surface area contributed by atoms with Gasteiger partial charge in [0.1, 0.15) is 28.5 Å². The molecule has 168 valence electrons. The second-order valence-corrected chi connectivity index (χ2v) is 9.34. The predicted molar refractivity (Wildman–Crippen MR) is 115 cm³/mol. The van der Waals surface area contributed by atoms with Crippen molar-refractivity contribution >= 4 is 33.5 Å². The smallest absolute Gasteiger partial charge is 0.335 e. The van der Waals surface area contributed by atoms with Crippen LogP contribution in [0.5, 0.6) is 11.5 Å². The van der Waals surface area contributed by atoms with E-state index in [2.05, 4.69) is 4.72 Å². The van der Waals surface area contributed by atoms with Crippen LogP contribution in [0.3, 0.4) is 0 Å². The number of hydrogen-bond donors (Lipinski definition) is 2. The molecule has 29 heavy (non-hydrogen) atoms. The molecule has 0 aromatic heterocycles. The Bertz CT molecular complexity index is 690. The summed E-state index contributed by atoms with van der Waals surface area (Å²) in [6.45, 7) is 6.40. The first-order valence-electron chi connectivity index (χ1n) is 9.71. The summed E-state index contributed by atoms with van der Waals surface area (Å²) in [6, 6.07) is 4.94. The van der Waals surface area contributed by atoms with Gasteiger partial charge in [0.2, 0.25) is 0 Å². The maximum Gasteiger partial charge on any atom is 0.335 e. The molecule has 1 atom stereocenters. The number of aliphatic hydroxyl groups is 1. The Hall–Kier alpha value is -0.770. The molecule has 2 N–H and O–H groups in total. The van der Waals surface area contributed by atoms with Crippen molar-refractivity contribution in [2.24, 2.45) is 0 Å². The zero-order chi connectivity index (χ0) is 21.9. The molecule has 0 fully saturated rings. The van der Waals surface area contributed by atoms with Gasteiger partial charge in [-0.25, -0.2) is 0 Å². The summed E-state index contributed by atoms with van der Waals surface area (Å²) in [5.74, 6) is 0.975. The van der Waals surface area contributed by atoms with Crippen LogP contribution in [-0.2, 0) is 20.1 Å². The van der Waals surface area contributed by atoms with Gasteiger partial charge in [-0.1, -0.05) is 20.8 Å². The Kier molecular flexibility index (Phi) is 11.6. The number of nitrogens with one attached hydrogen (secondary N) is 1. The highest BCUT2D eigenvalue weighted by Crippen LogP contribution is 2.35. The highest BCUT2D eigenvalue weighted by atomic mass is 35.5. The zero-order valence-corrected chi connectivity index (χ0v) is 19.4. The molecule has 0 aliphatic heterocycles. The lowest BCUT2D eigenvalue weighted by molar-refractivity contribution is -0.0130. The first-order chi connectivity index (χ1) is 13.7. The van der Waals surface area contributed by atoms with Crippen molar-refractivity contribution in [3.63, 3.8) is 0 Å². The van der Waals surface area contributed by atoms with E-state index in [0.29, 0.717) is 36.7 Å². The first-order valence-corrected chi connectivity index (χ1v) is 12.0. The van der Waals surface area contributed by atoms with Crippen LogP contribution < -0.4 is 14.2 Å². The molecule has 0 bridgehead atoms. The zero-order valence-electron chi connectivity index (χ0n) is 17.1. The molecule has 0 aliphatic rings. The van der Waals surface area contributed by atoms with E-state index in [0.717, 1.165) is 12.8 Å². The second kappa shape index (κ2) is 12.8. The lowest BCUT2D eigenvalue weighted by atomic mass is 9.91. The van der Waals surface area contributed by atoms with Gasteiger partial charge < -0.3 is 14.6 Å². The normalized spacial score (nSPS) is 14.0. The van der Waals surface area contributed by atoms with Gasteiger partial charge in [0.05, 0.1) is 13.2 Å². The van der Waals surface area contributed by atoms with Crippen molar-refractivity contribution in [3.8, 4) is 11.5 Å². The van der Waals surface area contributed by atoms with Crippen LogP contribution in [0.25, 0.3) is 0 Å². The fourth-order valence-electron chi connectivity index (χ4n) is 2.41. The summed E-state index contributed by atoms with van der Waals surface area (Å²) >= 11 is 11.8. The van der Waals surface area contributed by atoms with Crippen LogP contribution in [0.1, 0.15) is 52.0 Å². The Morgan fingerprint density at radius 3 is 2.03 bits per heavy atom. The standard InChI is InChI=1S/C19H31Cl2NO6S/c1-4-7-22-29(24,25)28-14-19(23,13-18(20)21)15-10-16(26-8-5-2)12-17(11-15)27-9-6-3/h10-12,18,22-23H,4-9,13-14H2,1-3H3. The fourth-order valence-corrected chi connectivity index (χ4v) is 3.80. The van der Waals surface area contributed by atoms with Gasteiger partial charge in [-0.3, -0.25) is 4.18 Å². The molecule has 1 aromatic carbocycles. The summed E-state index contributed by atoms with van der Waals surface area (Å²) in [4.78, 5) is -0.949. The van der Waals surface area contributed by atoms with Crippen LogP contribution in [0, 0.1) is 0 Å². The molecule has 0 aliphatic carbocycles. The number of ether oxygens (including phenoxy) is 2. The summed E-state index contributed by atoms with van der Waals surface area (Å²) in [7, 11) is -4.03. The van der Waals surface area contributed by atoms with E-state index in [4.69, 9.17) is 36.9 Å². The van der Waals surface area contributed by atoms with Crippen molar-refractivity contribution in [2.75, 3.05) is 26.4 Å². The lowest BCUT2D eigenvalue weighted by Crippen LogP contribution is -2.37. The Balaban J connectivity index is 3.21. The van der Waals surface area contributed by atoms with Crippen LogP contribution in [0.4, 0.5) is 0 Å². The highest BCUT2D eigenvalue weighted by Gasteiger charge is 2.35. The summed E-state index contributed by atoms with van der Waals surface area (Å²) in [5.41, 5.74) is -1.43. The van der Waals surface area contributed by atoms with Gasteiger partial charge >= 0.3 is 10.3 Å². The Morgan fingerprint density at radius 2 is 1.59 bits per heavy atom. The molecule has 1 rings (SSSR count). The molecule has 0 heterocycles. The van der Waals surface area contributed by atoms with Crippen LogP contribution in [-0.4, -0.2) is 44.7 Å². The van der Waals surface area contributed by atoms with E-state index < -0.39 is 27.3 Å². The van der Waals surface area contributed by atoms with Gasteiger partial charge in [0.25, 0.3) is 0 Å². The summed E-state index contributed by atoms with van der Waals surface area (Å²) in [6.07, 6.45) is 2.06. The largest absolute Gasteiger partial charge is 0.493 e. The molecule has 7 nitrogen and oxygen atoms in total. The summed E-state index contributed by atoms with van der Waals surface area (Å²) < 4.78 is 42.7. The molecule has 0 radical (unpaired) electrons. The second-order valence-electron chi connectivity index (χ2n) is 6.63. The topological polar surface area (TPSA) is 94.1 Å². The molecule has 0 saturated heterocycles. The third-order valence-electron chi connectivity index (χ3n) is 3.84. The van der Waals surface area contributed by atoms with Crippen molar-refractivity contribution in [1.82, 2.24) is 4.72 Å². The minimum absolute atomic E-state index is 0.149. The molecular weight excluding hydrogens is 441 g/mol. The maximum absolute atomic E-state index is 12.0. The SMILES string of the molecule is CCCNS(=O)(=O)OCC(O)(CC(Cl)Cl)c1cc(OCCC)cc(OCCC)c1. The van der Waals surface area contributed by atoms with Gasteiger partial charge in [-0.05, 0) is 37.0 Å². The number of rotatable bonds is 15. The van der Waals surface area contributed by atoms with E-state index in [1.165, 1.54) is 0 Å². The number of benzene rings is 1. The van der Waals surface area contributed by atoms with E-state index >= 15 is 0 Å². The number of halogens is 2. The minimum Gasteiger partial charge on any atom is -0.493 e. The van der Waals surface area contributed by atoms with Gasteiger partial charge in [-0.2, -0.15) is 13.1 Å². The Labute approximate surface area is 183 Å². The van der Waals surface area contributed by atoms with E-state index in [-0.39, 0.29) is 13.0 Å². The molecule has 1 aromatic rings. The van der Waals surface area contributed by atoms with Gasteiger partial charge in [0, 0.05) is 19.0 Å². The first kappa shape index (κ1) is 26.3. The number of alkyl halides is 2. The average Bonchev–Trinajstić information content (AvgIpc) is 2.67. The third-order valence-corrected chi connectivity index (χ3v) is 5.13. The van der Waals surface area contributed by atoms with Crippen molar-refractivity contribution in [1.29, 1.82) is 0 Å². The van der Waals surface area contributed by atoms with Crippen molar-refractivity contribution < 1.29 is 27.2 Å². The molecular formula is C19H31Cl2NO6S. The monoisotopic (exact) mass is 471 g/mol. The minimum atomic E-state index is -4.03. The van der Waals surface area contributed by atoms with Gasteiger partial charge in [0.15, 0.2) is 0 Å². The van der Waals surface area contributed by atoms with Crippen molar-refractivity contribution in [2.45, 2.75) is 56.9 Å². The lowest BCUT2D eigenvalue weighted by Gasteiger charge is -2.29. The number of hydrogen-bond acceptors (Lipinski definition) is 6. The molecule has 0 saturated carbocycles. The fraction of sp³-hybridized carbons (Fsp3) is 0.684. The maximum atomic E-state index is 12.0. The molecule has 10 heteroatoms. The Morgan fingerprint density at radius 1 is 1.03 bits per heavy atom. The quantitative estimate of drug-likeness (QED) is 0.376. The van der Waals surface area contributed by atoms with Crippen LogP contribution in [0.15, 0.2) is 18.2 Å². The molecule has 0 spiro atoms. The molecule has 0 amide bonds. The highest BCUT2D eigenvalue weighted by molar-refractivity contribution is 7.84. The van der Waals surface area contributed by atoms with Crippen molar-refractivity contribution in [3.05, 3.63) is 23.8 Å². The molecule has 1 unspecified atom stereocenters. The average molecular weight is 472 g/mol. The van der Waals surface area contributed by atoms with Crippen LogP contribution >= 0.6 is 23.2 Å². The van der Waals surface area contributed by atoms with Crippen LogP contribution in [0.2, 0.25) is 0 Å². The van der Waals surface area contributed by atoms with E-state index in [9.17, 15) is 13.5 Å². The van der Waals surface area contributed by atoms with E-state index in [1.54, 1.807) is 18.2 Å². The third kappa shape index (κ3) is 9.72. The van der Waals surface area contributed by atoms with E-state index in [1.807, 2.05) is 20.8 Å².